The number of thioether (sulfide) groups is 2. The second-order valence-electron chi connectivity index (χ2n) is 6.52. The highest BCUT2D eigenvalue weighted by Crippen LogP contribution is 2.32. The largest absolute Gasteiger partial charge is 0.272 e. The van der Waals surface area contributed by atoms with Gasteiger partial charge in [0, 0.05) is 5.75 Å². The van der Waals surface area contributed by atoms with E-state index in [1.54, 1.807) is 30.0 Å². The van der Waals surface area contributed by atoms with Crippen molar-refractivity contribution < 1.29 is 4.79 Å². The van der Waals surface area contributed by atoms with Gasteiger partial charge in [-0.1, -0.05) is 107 Å². The molecule has 32 heavy (non-hydrogen) atoms. The summed E-state index contributed by atoms with van der Waals surface area (Å²) in [6.07, 6.45) is 1.51. The Morgan fingerprint density at radius 2 is 1.78 bits per heavy atom. The molecule has 0 saturated heterocycles. The van der Waals surface area contributed by atoms with Crippen LogP contribution < -0.4 is 5.43 Å². The van der Waals surface area contributed by atoms with Gasteiger partial charge in [0.05, 0.1) is 22.0 Å². The molecule has 1 aromatic heterocycles. The summed E-state index contributed by atoms with van der Waals surface area (Å²) in [5.74, 6) is 0.776. The van der Waals surface area contributed by atoms with Crippen LogP contribution in [0.1, 0.15) is 11.1 Å². The SMILES string of the molecule is O=C(CSc1nnc(SCc2cccc3ccccc23)s1)N/N=C/c1ccc(Cl)c(Cl)c1. The van der Waals surface area contributed by atoms with Crippen molar-refractivity contribution >= 4 is 81.0 Å². The zero-order chi connectivity index (χ0) is 22.3. The maximum absolute atomic E-state index is 12.0. The standard InChI is InChI=1S/C22H16Cl2N4OS3/c23-18-9-8-14(10-19(18)24)11-25-26-20(29)13-31-22-28-27-21(32-22)30-12-16-6-3-5-15-4-1-2-7-17(15)16/h1-11H,12-13H2,(H,26,29)/b25-11+. The molecular formula is C22H16Cl2N4OS3. The van der Waals surface area contributed by atoms with Crippen LogP contribution in [0.25, 0.3) is 10.8 Å². The molecule has 4 rings (SSSR count). The lowest BCUT2D eigenvalue weighted by Gasteiger charge is -2.04. The first-order valence-electron chi connectivity index (χ1n) is 9.41. The van der Waals surface area contributed by atoms with Crippen molar-refractivity contribution in [1.29, 1.82) is 0 Å². The van der Waals surface area contributed by atoms with E-state index in [1.165, 1.54) is 45.6 Å². The maximum Gasteiger partial charge on any atom is 0.250 e. The van der Waals surface area contributed by atoms with Gasteiger partial charge in [-0.3, -0.25) is 4.79 Å². The average molecular weight is 520 g/mol. The zero-order valence-corrected chi connectivity index (χ0v) is 20.5. The second-order valence-corrected chi connectivity index (χ2v) is 10.8. The highest BCUT2D eigenvalue weighted by molar-refractivity contribution is 8.03. The number of halogens is 2. The molecule has 0 unspecified atom stereocenters. The van der Waals surface area contributed by atoms with Gasteiger partial charge in [-0.15, -0.1) is 10.2 Å². The van der Waals surface area contributed by atoms with Crippen molar-refractivity contribution in [3.63, 3.8) is 0 Å². The molecule has 4 aromatic rings. The number of carbonyl (C=O) groups excluding carboxylic acids is 1. The Morgan fingerprint density at radius 3 is 2.62 bits per heavy atom. The Balaban J connectivity index is 1.25. The average Bonchev–Trinajstić information content (AvgIpc) is 3.26. The fourth-order valence-corrected chi connectivity index (χ4v) is 5.93. The number of carbonyl (C=O) groups is 1. The van der Waals surface area contributed by atoms with E-state index >= 15 is 0 Å². The molecule has 5 nitrogen and oxygen atoms in total. The molecule has 1 heterocycles. The third-order valence-corrected chi connectivity index (χ3v) is 8.27. The summed E-state index contributed by atoms with van der Waals surface area (Å²) < 4.78 is 1.62. The van der Waals surface area contributed by atoms with Gasteiger partial charge in [-0.2, -0.15) is 5.10 Å². The monoisotopic (exact) mass is 518 g/mol. The van der Waals surface area contributed by atoms with Crippen LogP contribution in [0.2, 0.25) is 10.0 Å². The molecular weight excluding hydrogens is 503 g/mol. The molecule has 3 aromatic carbocycles. The molecule has 1 amide bonds. The Morgan fingerprint density at radius 1 is 1.00 bits per heavy atom. The van der Waals surface area contributed by atoms with Crippen LogP contribution in [0, 0.1) is 0 Å². The fourth-order valence-electron chi connectivity index (χ4n) is 2.80. The van der Waals surface area contributed by atoms with Crippen LogP contribution in [0.4, 0.5) is 0 Å². The number of fused-ring (bicyclic) bond motifs is 1. The van der Waals surface area contributed by atoms with Crippen molar-refractivity contribution in [2.24, 2.45) is 5.10 Å². The summed E-state index contributed by atoms with van der Waals surface area (Å²) in [6, 6.07) is 19.8. The first kappa shape index (κ1) is 23.1. The van der Waals surface area contributed by atoms with Crippen LogP contribution in [0.3, 0.4) is 0 Å². The number of nitrogens with zero attached hydrogens (tertiary/aromatic N) is 3. The summed E-state index contributed by atoms with van der Waals surface area (Å²) in [6.45, 7) is 0. The van der Waals surface area contributed by atoms with Crippen molar-refractivity contribution in [3.05, 3.63) is 81.8 Å². The number of nitrogens with one attached hydrogen (secondary N) is 1. The van der Waals surface area contributed by atoms with Crippen molar-refractivity contribution in [2.75, 3.05) is 5.75 Å². The smallest absolute Gasteiger partial charge is 0.250 e. The third-order valence-electron chi connectivity index (χ3n) is 4.29. The Hall–Kier alpha value is -2.10. The van der Waals surface area contributed by atoms with E-state index in [1.807, 2.05) is 6.07 Å². The molecule has 162 valence electrons. The quantitative estimate of drug-likeness (QED) is 0.163. The van der Waals surface area contributed by atoms with Crippen LogP contribution in [-0.2, 0) is 10.5 Å². The molecule has 0 fully saturated rings. The van der Waals surface area contributed by atoms with Gasteiger partial charge in [0.2, 0.25) is 0 Å². The number of rotatable bonds is 8. The van der Waals surface area contributed by atoms with Gasteiger partial charge >= 0.3 is 0 Å². The first-order valence-corrected chi connectivity index (χ1v) is 13.0. The van der Waals surface area contributed by atoms with E-state index in [9.17, 15) is 4.79 Å². The van der Waals surface area contributed by atoms with E-state index in [4.69, 9.17) is 23.2 Å². The summed E-state index contributed by atoms with van der Waals surface area (Å²) in [4.78, 5) is 12.0. The maximum atomic E-state index is 12.0. The molecule has 0 atom stereocenters. The van der Waals surface area contributed by atoms with Crippen LogP contribution in [-0.4, -0.2) is 28.1 Å². The molecule has 0 saturated carbocycles. The van der Waals surface area contributed by atoms with Crippen molar-refractivity contribution in [1.82, 2.24) is 15.6 Å². The predicted molar refractivity (Wildman–Crippen MR) is 136 cm³/mol. The van der Waals surface area contributed by atoms with Gasteiger partial charge in [0.15, 0.2) is 8.68 Å². The summed E-state index contributed by atoms with van der Waals surface area (Å²) in [7, 11) is 0. The van der Waals surface area contributed by atoms with Gasteiger partial charge < -0.3 is 0 Å². The fraction of sp³-hybridized carbons (Fsp3) is 0.0909. The van der Waals surface area contributed by atoms with E-state index in [0.717, 1.165) is 20.0 Å². The highest BCUT2D eigenvalue weighted by atomic mass is 35.5. The van der Waals surface area contributed by atoms with E-state index in [2.05, 4.69) is 57.1 Å². The number of hydrogen-bond acceptors (Lipinski definition) is 7. The molecule has 0 aliphatic heterocycles. The lowest BCUT2D eigenvalue weighted by atomic mass is 10.1. The van der Waals surface area contributed by atoms with Crippen molar-refractivity contribution in [2.45, 2.75) is 14.4 Å². The third kappa shape index (κ3) is 6.24. The molecule has 0 aliphatic carbocycles. The number of hydrazone groups is 1. The Bertz CT molecular complexity index is 1270. The normalized spacial score (nSPS) is 11.3. The van der Waals surface area contributed by atoms with Gasteiger partial charge in [-0.05, 0) is 34.0 Å². The van der Waals surface area contributed by atoms with Crippen LogP contribution >= 0.6 is 58.1 Å². The molecule has 10 heteroatoms. The summed E-state index contributed by atoms with van der Waals surface area (Å²) in [5, 5.41) is 15.7. The number of aromatic nitrogens is 2. The van der Waals surface area contributed by atoms with Gasteiger partial charge in [0.1, 0.15) is 0 Å². The number of benzene rings is 3. The van der Waals surface area contributed by atoms with Crippen LogP contribution in [0.15, 0.2) is 74.4 Å². The zero-order valence-electron chi connectivity index (χ0n) is 16.5. The molecule has 0 bridgehead atoms. The molecule has 0 aliphatic rings. The topological polar surface area (TPSA) is 67.2 Å². The molecule has 0 spiro atoms. The summed E-state index contributed by atoms with van der Waals surface area (Å²) >= 11 is 16.3. The molecule has 1 N–H and O–H groups in total. The molecule has 0 radical (unpaired) electrons. The minimum Gasteiger partial charge on any atom is -0.272 e. The van der Waals surface area contributed by atoms with Gasteiger partial charge in [0.25, 0.3) is 5.91 Å². The predicted octanol–water partition coefficient (Wildman–Crippen LogP) is 6.53. The Kier molecular flexibility index (Phi) is 8.05. The lowest BCUT2D eigenvalue weighted by molar-refractivity contribution is -0.118. The minimum absolute atomic E-state index is 0.196. The van der Waals surface area contributed by atoms with Gasteiger partial charge in [-0.25, -0.2) is 5.43 Å². The van der Waals surface area contributed by atoms with Crippen molar-refractivity contribution in [3.8, 4) is 0 Å². The van der Waals surface area contributed by atoms with E-state index in [0.29, 0.717) is 10.0 Å². The summed E-state index contributed by atoms with van der Waals surface area (Å²) in [5.41, 5.74) is 4.49. The second kappa shape index (κ2) is 11.2. The number of amides is 1. The minimum atomic E-state index is -0.230. The van der Waals surface area contributed by atoms with E-state index in [-0.39, 0.29) is 11.7 Å². The highest BCUT2D eigenvalue weighted by Gasteiger charge is 2.09. The lowest BCUT2D eigenvalue weighted by Crippen LogP contribution is -2.19. The van der Waals surface area contributed by atoms with E-state index < -0.39 is 0 Å². The van der Waals surface area contributed by atoms with Crippen LogP contribution in [0.5, 0.6) is 0 Å². The Labute approximate surface area is 207 Å². The number of hydrogen-bond donors (Lipinski definition) is 1. The first-order chi connectivity index (χ1) is 15.6.